The molecule has 3 nitrogen and oxygen atoms in total. The minimum absolute atomic E-state index is 0.0612. The van der Waals surface area contributed by atoms with E-state index in [4.69, 9.17) is 0 Å². The average Bonchev–Trinajstić information content (AvgIpc) is 2.36. The molecule has 1 aromatic rings. The van der Waals surface area contributed by atoms with Gasteiger partial charge in [0.25, 0.3) is 0 Å². The highest BCUT2D eigenvalue weighted by atomic mass is 16.2. The molecule has 1 aromatic carbocycles. The van der Waals surface area contributed by atoms with Crippen molar-refractivity contribution >= 4 is 17.4 Å². The number of ketones is 1. The minimum atomic E-state index is 0.0612. The standard InChI is InChI=1S/C15H19NO2/c1-3-5-10(4-2)15(18)16-12-7-6-11-8-14(17)13(11)9-12/h6-7,9-10H,3-5,8H2,1-2H3,(H,16,18). The molecule has 0 saturated heterocycles. The molecule has 0 aliphatic heterocycles. The molecule has 0 aromatic heterocycles. The summed E-state index contributed by atoms with van der Waals surface area (Å²) in [6.07, 6.45) is 3.31. The molecule has 3 heteroatoms. The molecule has 1 aliphatic carbocycles. The highest BCUT2D eigenvalue weighted by molar-refractivity contribution is 6.07. The van der Waals surface area contributed by atoms with E-state index in [1.54, 1.807) is 6.07 Å². The summed E-state index contributed by atoms with van der Waals surface area (Å²) in [7, 11) is 0. The molecule has 0 spiro atoms. The van der Waals surface area contributed by atoms with Gasteiger partial charge in [0.05, 0.1) is 0 Å². The van der Waals surface area contributed by atoms with Crippen LogP contribution in [0.3, 0.4) is 0 Å². The highest BCUT2D eigenvalue weighted by Gasteiger charge is 2.23. The molecule has 1 amide bonds. The van der Waals surface area contributed by atoms with Crippen LogP contribution in [-0.4, -0.2) is 11.7 Å². The van der Waals surface area contributed by atoms with Crippen LogP contribution in [0.1, 0.15) is 49.0 Å². The lowest BCUT2D eigenvalue weighted by Crippen LogP contribution is -2.24. The fraction of sp³-hybridized carbons (Fsp3) is 0.467. The van der Waals surface area contributed by atoms with Crippen molar-refractivity contribution in [3.05, 3.63) is 29.3 Å². The molecule has 0 heterocycles. The summed E-state index contributed by atoms with van der Waals surface area (Å²) in [5.41, 5.74) is 2.58. The van der Waals surface area contributed by atoms with Gasteiger partial charge in [-0.25, -0.2) is 0 Å². The van der Waals surface area contributed by atoms with Gasteiger partial charge in [-0.05, 0) is 30.5 Å². The van der Waals surface area contributed by atoms with Crippen LogP contribution in [0.4, 0.5) is 5.69 Å². The maximum Gasteiger partial charge on any atom is 0.227 e. The molecular weight excluding hydrogens is 226 g/mol. The molecule has 1 N–H and O–H groups in total. The topological polar surface area (TPSA) is 46.2 Å². The molecule has 0 saturated carbocycles. The number of carbonyl (C=O) groups excluding carboxylic acids is 2. The number of carbonyl (C=O) groups is 2. The number of hydrogen-bond donors (Lipinski definition) is 1. The Hall–Kier alpha value is -1.64. The van der Waals surface area contributed by atoms with E-state index in [1.807, 2.05) is 19.1 Å². The highest BCUT2D eigenvalue weighted by Crippen LogP contribution is 2.26. The summed E-state index contributed by atoms with van der Waals surface area (Å²) in [4.78, 5) is 23.4. The van der Waals surface area contributed by atoms with Crippen LogP contribution in [0.2, 0.25) is 0 Å². The van der Waals surface area contributed by atoms with E-state index in [0.717, 1.165) is 36.1 Å². The van der Waals surface area contributed by atoms with Crippen LogP contribution in [0.15, 0.2) is 18.2 Å². The zero-order valence-electron chi connectivity index (χ0n) is 11.0. The maximum absolute atomic E-state index is 12.0. The van der Waals surface area contributed by atoms with Crippen molar-refractivity contribution in [1.82, 2.24) is 0 Å². The van der Waals surface area contributed by atoms with Crippen molar-refractivity contribution in [2.24, 2.45) is 5.92 Å². The van der Waals surface area contributed by atoms with Gasteiger partial charge in [-0.2, -0.15) is 0 Å². The Labute approximate surface area is 108 Å². The maximum atomic E-state index is 12.0. The number of anilines is 1. The van der Waals surface area contributed by atoms with Gasteiger partial charge >= 0.3 is 0 Å². The smallest absolute Gasteiger partial charge is 0.227 e. The van der Waals surface area contributed by atoms with Crippen molar-refractivity contribution in [2.75, 3.05) is 5.32 Å². The quantitative estimate of drug-likeness (QED) is 0.866. The normalized spacial score (nSPS) is 14.7. The fourth-order valence-corrected chi connectivity index (χ4v) is 2.34. The summed E-state index contributed by atoms with van der Waals surface area (Å²) < 4.78 is 0. The van der Waals surface area contributed by atoms with Crippen molar-refractivity contribution in [2.45, 2.75) is 39.5 Å². The second-order valence-corrected chi connectivity index (χ2v) is 4.85. The molecule has 18 heavy (non-hydrogen) atoms. The van der Waals surface area contributed by atoms with Crippen molar-refractivity contribution in [3.8, 4) is 0 Å². The number of fused-ring (bicyclic) bond motifs is 1. The largest absolute Gasteiger partial charge is 0.326 e. The Kier molecular flexibility index (Phi) is 3.80. The lowest BCUT2D eigenvalue weighted by molar-refractivity contribution is -0.120. The summed E-state index contributed by atoms with van der Waals surface area (Å²) >= 11 is 0. The third-order valence-corrected chi connectivity index (χ3v) is 3.53. The molecule has 96 valence electrons. The molecule has 0 fully saturated rings. The Balaban J connectivity index is 2.05. The van der Waals surface area contributed by atoms with E-state index in [9.17, 15) is 9.59 Å². The van der Waals surface area contributed by atoms with Crippen LogP contribution in [0, 0.1) is 5.92 Å². The molecule has 0 bridgehead atoms. The van der Waals surface area contributed by atoms with Crippen LogP contribution in [-0.2, 0) is 11.2 Å². The predicted octanol–water partition coefficient (Wildman–Crippen LogP) is 3.19. The number of rotatable bonds is 5. The van der Waals surface area contributed by atoms with Crippen molar-refractivity contribution < 1.29 is 9.59 Å². The Morgan fingerprint density at radius 2 is 2.17 bits per heavy atom. The minimum Gasteiger partial charge on any atom is -0.326 e. The zero-order valence-corrected chi connectivity index (χ0v) is 11.0. The first kappa shape index (κ1) is 12.8. The summed E-state index contributed by atoms with van der Waals surface area (Å²) in [6, 6.07) is 5.59. The lowest BCUT2D eigenvalue weighted by atomic mass is 9.87. The first-order valence-corrected chi connectivity index (χ1v) is 6.62. The van der Waals surface area contributed by atoms with Gasteiger partial charge in [0.2, 0.25) is 5.91 Å². The number of nitrogens with one attached hydrogen (secondary N) is 1. The molecule has 1 atom stereocenters. The molecule has 1 aliphatic rings. The van der Waals surface area contributed by atoms with Gasteiger partial charge < -0.3 is 5.32 Å². The van der Waals surface area contributed by atoms with Gasteiger partial charge in [0.15, 0.2) is 5.78 Å². The van der Waals surface area contributed by atoms with Crippen LogP contribution in [0.5, 0.6) is 0 Å². The summed E-state index contributed by atoms with van der Waals surface area (Å²) in [5, 5.41) is 2.91. The fourth-order valence-electron chi connectivity index (χ4n) is 2.34. The van der Waals surface area contributed by atoms with Crippen LogP contribution >= 0.6 is 0 Å². The first-order valence-electron chi connectivity index (χ1n) is 6.62. The van der Waals surface area contributed by atoms with Gasteiger partial charge in [-0.3, -0.25) is 9.59 Å². The second kappa shape index (κ2) is 5.34. The molecule has 2 rings (SSSR count). The average molecular weight is 245 g/mol. The van der Waals surface area contributed by atoms with Crippen molar-refractivity contribution in [3.63, 3.8) is 0 Å². The van der Waals surface area contributed by atoms with E-state index in [0.29, 0.717) is 6.42 Å². The van der Waals surface area contributed by atoms with E-state index in [2.05, 4.69) is 12.2 Å². The monoisotopic (exact) mass is 245 g/mol. The Bertz CT molecular complexity index is 479. The summed E-state index contributed by atoms with van der Waals surface area (Å²) in [5.74, 6) is 0.296. The lowest BCUT2D eigenvalue weighted by Gasteiger charge is -2.19. The molecular formula is C15H19NO2. The van der Waals surface area contributed by atoms with Gasteiger partial charge in [-0.15, -0.1) is 0 Å². The molecule has 0 radical (unpaired) electrons. The van der Waals surface area contributed by atoms with Crippen molar-refractivity contribution in [1.29, 1.82) is 0 Å². The van der Waals surface area contributed by atoms with E-state index < -0.39 is 0 Å². The summed E-state index contributed by atoms with van der Waals surface area (Å²) in [6.45, 7) is 4.11. The number of benzene rings is 1. The number of amides is 1. The molecule has 1 unspecified atom stereocenters. The van der Waals surface area contributed by atoms with E-state index in [-0.39, 0.29) is 17.6 Å². The number of Topliss-reactive ketones (excluding diaryl/α,β-unsaturated/α-hetero) is 1. The van der Waals surface area contributed by atoms with Gasteiger partial charge in [-0.1, -0.05) is 26.3 Å². The third-order valence-electron chi connectivity index (χ3n) is 3.53. The van der Waals surface area contributed by atoms with Gasteiger partial charge in [0.1, 0.15) is 0 Å². The SMILES string of the molecule is CCCC(CC)C(=O)Nc1ccc2c(c1)C(=O)C2. The van der Waals surface area contributed by atoms with Gasteiger partial charge in [0, 0.05) is 23.6 Å². The Morgan fingerprint density at radius 3 is 2.78 bits per heavy atom. The van der Waals surface area contributed by atoms with E-state index >= 15 is 0 Å². The predicted molar refractivity (Wildman–Crippen MR) is 71.8 cm³/mol. The first-order chi connectivity index (χ1) is 8.65. The third kappa shape index (κ3) is 2.45. The van der Waals surface area contributed by atoms with Crippen LogP contribution in [0.25, 0.3) is 0 Å². The zero-order chi connectivity index (χ0) is 13.1. The number of hydrogen-bond acceptors (Lipinski definition) is 2. The Morgan fingerprint density at radius 1 is 1.39 bits per heavy atom. The van der Waals surface area contributed by atoms with Crippen LogP contribution < -0.4 is 5.32 Å². The second-order valence-electron chi connectivity index (χ2n) is 4.85. The van der Waals surface area contributed by atoms with E-state index in [1.165, 1.54) is 0 Å².